The summed E-state index contributed by atoms with van der Waals surface area (Å²) in [6, 6.07) is 18.5. The number of nitrogens with zero attached hydrogens (tertiary/aromatic N) is 1. The van der Waals surface area contributed by atoms with E-state index in [9.17, 15) is 4.79 Å². The van der Waals surface area contributed by atoms with Crippen molar-refractivity contribution in [1.82, 2.24) is 10.5 Å². The van der Waals surface area contributed by atoms with Crippen molar-refractivity contribution in [2.75, 3.05) is 0 Å². The SMILES string of the molecule is CC(NC(=O)c1cc(-c2ccccc2Cl)on1)c1ccccc1. The zero-order chi connectivity index (χ0) is 16.2. The van der Waals surface area contributed by atoms with E-state index in [1.165, 1.54) is 0 Å². The van der Waals surface area contributed by atoms with Gasteiger partial charge in [-0.1, -0.05) is 59.2 Å². The lowest BCUT2D eigenvalue weighted by molar-refractivity contribution is 0.0931. The van der Waals surface area contributed by atoms with Crippen molar-refractivity contribution in [3.05, 3.63) is 76.9 Å². The first kappa shape index (κ1) is 15.3. The molecule has 1 atom stereocenters. The molecule has 23 heavy (non-hydrogen) atoms. The third kappa shape index (κ3) is 3.43. The third-order valence-electron chi connectivity index (χ3n) is 3.53. The summed E-state index contributed by atoms with van der Waals surface area (Å²) in [6.45, 7) is 1.92. The van der Waals surface area contributed by atoms with Crippen LogP contribution in [0.25, 0.3) is 11.3 Å². The predicted molar refractivity (Wildman–Crippen MR) is 89.3 cm³/mol. The van der Waals surface area contributed by atoms with Crippen LogP contribution in [0.1, 0.15) is 29.0 Å². The number of hydrogen-bond donors (Lipinski definition) is 1. The van der Waals surface area contributed by atoms with Crippen LogP contribution in [0.2, 0.25) is 5.02 Å². The molecule has 5 heteroatoms. The number of aromatic nitrogens is 1. The highest BCUT2D eigenvalue weighted by molar-refractivity contribution is 6.33. The van der Waals surface area contributed by atoms with Crippen molar-refractivity contribution in [3.8, 4) is 11.3 Å². The van der Waals surface area contributed by atoms with E-state index in [2.05, 4.69) is 10.5 Å². The highest BCUT2D eigenvalue weighted by Crippen LogP contribution is 2.28. The minimum absolute atomic E-state index is 0.121. The second-order valence-corrected chi connectivity index (χ2v) is 5.57. The third-order valence-corrected chi connectivity index (χ3v) is 3.86. The first-order valence-corrected chi connectivity index (χ1v) is 7.60. The fourth-order valence-corrected chi connectivity index (χ4v) is 2.49. The lowest BCUT2D eigenvalue weighted by atomic mass is 10.1. The molecule has 1 aromatic heterocycles. The van der Waals surface area contributed by atoms with Crippen LogP contribution in [-0.2, 0) is 0 Å². The molecule has 0 aliphatic rings. The molecular formula is C18H15ClN2O2. The van der Waals surface area contributed by atoms with Crippen LogP contribution in [0.4, 0.5) is 0 Å². The van der Waals surface area contributed by atoms with Crippen LogP contribution in [0, 0.1) is 0 Å². The van der Waals surface area contributed by atoms with Gasteiger partial charge >= 0.3 is 0 Å². The first-order chi connectivity index (χ1) is 11.1. The summed E-state index contributed by atoms with van der Waals surface area (Å²) in [5.74, 6) is 0.177. The van der Waals surface area contributed by atoms with Gasteiger partial charge in [0.25, 0.3) is 5.91 Å². The molecule has 2 aromatic carbocycles. The summed E-state index contributed by atoms with van der Waals surface area (Å²) >= 11 is 6.12. The number of nitrogens with one attached hydrogen (secondary N) is 1. The van der Waals surface area contributed by atoms with Crippen LogP contribution >= 0.6 is 11.6 Å². The molecule has 1 amide bonds. The van der Waals surface area contributed by atoms with Gasteiger partial charge in [-0.3, -0.25) is 4.79 Å². The van der Waals surface area contributed by atoms with Gasteiger partial charge < -0.3 is 9.84 Å². The van der Waals surface area contributed by atoms with Gasteiger partial charge in [-0.25, -0.2) is 0 Å². The van der Waals surface area contributed by atoms with Gasteiger partial charge in [0, 0.05) is 11.6 Å². The van der Waals surface area contributed by atoms with Gasteiger partial charge in [0.2, 0.25) is 0 Å². The molecule has 0 aliphatic heterocycles. The first-order valence-electron chi connectivity index (χ1n) is 7.22. The Morgan fingerprint density at radius 1 is 1.13 bits per heavy atom. The van der Waals surface area contributed by atoms with Gasteiger partial charge in [-0.05, 0) is 24.6 Å². The van der Waals surface area contributed by atoms with Gasteiger partial charge in [0.15, 0.2) is 11.5 Å². The van der Waals surface area contributed by atoms with Crippen LogP contribution < -0.4 is 5.32 Å². The van der Waals surface area contributed by atoms with Crippen molar-refractivity contribution in [3.63, 3.8) is 0 Å². The van der Waals surface area contributed by atoms with E-state index < -0.39 is 0 Å². The molecule has 1 heterocycles. The van der Waals surface area contributed by atoms with E-state index in [1.54, 1.807) is 12.1 Å². The minimum Gasteiger partial charge on any atom is -0.355 e. The molecule has 0 bridgehead atoms. The number of hydrogen-bond acceptors (Lipinski definition) is 3. The largest absolute Gasteiger partial charge is 0.355 e. The summed E-state index contributed by atoms with van der Waals surface area (Å²) < 4.78 is 5.24. The van der Waals surface area contributed by atoms with Gasteiger partial charge in [-0.2, -0.15) is 0 Å². The maximum atomic E-state index is 12.3. The van der Waals surface area contributed by atoms with Crippen LogP contribution in [0.5, 0.6) is 0 Å². The van der Waals surface area contributed by atoms with E-state index in [4.69, 9.17) is 16.1 Å². The molecule has 1 unspecified atom stereocenters. The summed E-state index contributed by atoms with van der Waals surface area (Å²) in [7, 11) is 0. The Labute approximate surface area is 139 Å². The molecule has 0 fully saturated rings. The minimum atomic E-state index is -0.289. The normalized spacial score (nSPS) is 11.9. The summed E-state index contributed by atoms with van der Waals surface area (Å²) in [6.07, 6.45) is 0. The highest BCUT2D eigenvalue weighted by atomic mass is 35.5. The van der Waals surface area contributed by atoms with Crippen molar-refractivity contribution < 1.29 is 9.32 Å². The molecule has 0 saturated heterocycles. The Morgan fingerprint density at radius 2 is 1.83 bits per heavy atom. The topological polar surface area (TPSA) is 55.1 Å². The molecule has 3 rings (SSSR count). The fourth-order valence-electron chi connectivity index (χ4n) is 2.27. The van der Waals surface area contributed by atoms with E-state index in [0.29, 0.717) is 16.3 Å². The van der Waals surface area contributed by atoms with Crippen molar-refractivity contribution >= 4 is 17.5 Å². The zero-order valence-electron chi connectivity index (χ0n) is 12.5. The van der Waals surface area contributed by atoms with Crippen LogP contribution in [-0.4, -0.2) is 11.1 Å². The Balaban J connectivity index is 1.75. The average molecular weight is 327 g/mol. The van der Waals surface area contributed by atoms with Crippen LogP contribution in [0.15, 0.2) is 65.2 Å². The number of rotatable bonds is 4. The van der Waals surface area contributed by atoms with Crippen LogP contribution in [0.3, 0.4) is 0 Å². The lowest BCUT2D eigenvalue weighted by Gasteiger charge is -2.12. The number of amides is 1. The summed E-state index contributed by atoms with van der Waals surface area (Å²) in [4.78, 5) is 12.3. The predicted octanol–water partition coefficient (Wildman–Crippen LogP) is 4.49. The number of halogens is 1. The molecule has 3 aromatic rings. The van der Waals surface area contributed by atoms with Gasteiger partial charge in [0.1, 0.15) is 0 Å². The molecule has 0 radical (unpaired) electrons. The number of carbonyl (C=O) groups excluding carboxylic acids is 1. The Morgan fingerprint density at radius 3 is 2.57 bits per heavy atom. The van der Waals surface area contributed by atoms with E-state index >= 15 is 0 Å². The molecule has 0 saturated carbocycles. The molecule has 4 nitrogen and oxygen atoms in total. The van der Waals surface area contributed by atoms with Crippen molar-refractivity contribution in [2.45, 2.75) is 13.0 Å². The Bertz CT molecular complexity index is 815. The van der Waals surface area contributed by atoms with Crippen molar-refractivity contribution in [1.29, 1.82) is 0 Å². The van der Waals surface area contributed by atoms with E-state index in [1.807, 2.05) is 55.5 Å². The molecular weight excluding hydrogens is 312 g/mol. The van der Waals surface area contributed by atoms with E-state index in [-0.39, 0.29) is 17.6 Å². The maximum absolute atomic E-state index is 12.3. The number of benzene rings is 2. The second-order valence-electron chi connectivity index (χ2n) is 5.16. The average Bonchev–Trinajstić information content (AvgIpc) is 3.06. The summed E-state index contributed by atoms with van der Waals surface area (Å²) in [5.41, 5.74) is 1.95. The zero-order valence-corrected chi connectivity index (χ0v) is 13.2. The quantitative estimate of drug-likeness (QED) is 0.768. The standard InChI is InChI=1S/C18H15ClN2O2/c1-12(13-7-3-2-4-8-13)20-18(22)16-11-17(23-21-16)14-9-5-6-10-15(14)19/h2-12H,1H3,(H,20,22). The Kier molecular flexibility index (Phi) is 4.44. The number of carbonyl (C=O) groups is 1. The van der Waals surface area contributed by atoms with Gasteiger partial charge in [-0.15, -0.1) is 0 Å². The lowest BCUT2D eigenvalue weighted by Crippen LogP contribution is -2.26. The Hall–Kier alpha value is -2.59. The molecule has 116 valence electrons. The summed E-state index contributed by atoms with van der Waals surface area (Å²) in [5, 5.41) is 7.28. The molecule has 0 aliphatic carbocycles. The monoisotopic (exact) mass is 326 g/mol. The fraction of sp³-hybridized carbons (Fsp3) is 0.111. The van der Waals surface area contributed by atoms with Gasteiger partial charge in [0.05, 0.1) is 11.1 Å². The van der Waals surface area contributed by atoms with E-state index in [0.717, 1.165) is 5.56 Å². The molecule has 1 N–H and O–H groups in total. The maximum Gasteiger partial charge on any atom is 0.273 e. The highest BCUT2D eigenvalue weighted by Gasteiger charge is 2.17. The molecule has 0 spiro atoms. The smallest absolute Gasteiger partial charge is 0.273 e. The second kappa shape index (κ2) is 6.67. The van der Waals surface area contributed by atoms with Crippen molar-refractivity contribution in [2.24, 2.45) is 0 Å².